The number of benzene rings is 1. The zero-order valence-corrected chi connectivity index (χ0v) is 14.8. The second-order valence-corrected chi connectivity index (χ2v) is 7.38. The number of hydrogen-bond donors (Lipinski definition) is 0. The lowest BCUT2D eigenvalue weighted by Gasteiger charge is -2.37. The van der Waals surface area contributed by atoms with Crippen LogP contribution in [0.15, 0.2) is 30.6 Å². The summed E-state index contributed by atoms with van der Waals surface area (Å²) in [6.45, 7) is 4.98. The largest absolute Gasteiger partial charge is 0.381 e. The fourth-order valence-electron chi connectivity index (χ4n) is 4.33. The first-order valence-corrected chi connectivity index (χ1v) is 8.87. The predicted molar refractivity (Wildman–Crippen MR) is 93.3 cm³/mol. The maximum absolute atomic E-state index is 13.1. The predicted octanol–water partition coefficient (Wildman–Crippen LogP) is 2.16. The number of carbonyl (C=O) groups excluding carboxylic acids is 1. The standard InChI is InChI=1S/C19H24N4O2/c1-14-4-3-5-15(10-14)18(24)23-11-16(17-21-20-13-22(17)2)19(12-23)6-8-25-9-7-19/h3-5,10,13,16H,6-9,11-12H2,1-2H3. The minimum Gasteiger partial charge on any atom is -0.381 e. The van der Waals surface area contributed by atoms with Crippen LogP contribution in [-0.2, 0) is 11.8 Å². The van der Waals surface area contributed by atoms with Crippen LogP contribution in [0, 0.1) is 12.3 Å². The van der Waals surface area contributed by atoms with Crippen LogP contribution in [0.4, 0.5) is 0 Å². The number of likely N-dealkylation sites (tertiary alicyclic amines) is 1. The van der Waals surface area contributed by atoms with E-state index in [9.17, 15) is 4.79 Å². The van der Waals surface area contributed by atoms with Gasteiger partial charge in [-0.2, -0.15) is 0 Å². The third-order valence-corrected chi connectivity index (χ3v) is 5.75. The molecule has 0 N–H and O–H groups in total. The summed E-state index contributed by atoms with van der Waals surface area (Å²) in [5.74, 6) is 1.29. The Morgan fingerprint density at radius 2 is 2.12 bits per heavy atom. The van der Waals surface area contributed by atoms with Gasteiger partial charge in [-0.05, 0) is 31.9 Å². The topological polar surface area (TPSA) is 60.2 Å². The van der Waals surface area contributed by atoms with Gasteiger partial charge in [-0.15, -0.1) is 10.2 Å². The van der Waals surface area contributed by atoms with Crippen LogP contribution in [0.2, 0.25) is 0 Å². The van der Waals surface area contributed by atoms with Gasteiger partial charge in [0.2, 0.25) is 0 Å². The molecule has 6 nitrogen and oxygen atoms in total. The average molecular weight is 340 g/mol. The number of hydrogen-bond acceptors (Lipinski definition) is 4. The molecular weight excluding hydrogens is 316 g/mol. The van der Waals surface area contributed by atoms with Crippen molar-refractivity contribution < 1.29 is 9.53 Å². The van der Waals surface area contributed by atoms with E-state index >= 15 is 0 Å². The van der Waals surface area contributed by atoms with Crippen LogP contribution >= 0.6 is 0 Å². The van der Waals surface area contributed by atoms with Crippen molar-refractivity contribution in [2.24, 2.45) is 12.5 Å². The Balaban J connectivity index is 1.66. The smallest absolute Gasteiger partial charge is 0.253 e. The highest BCUT2D eigenvalue weighted by molar-refractivity contribution is 5.94. The van der Waals surface area contributed by atoms with Gasteiger partial charge in [-0.3, -0.25) is 4.79 Å². The highest BCUT2D eigenvalue weighted by atomic mass is 16.5. The van der Waals surface area contributed by atoms with Crippen molar-refractivity contribution in [3.63, 3.8) is 0 Å². The van der Waals surface area contributed by atoms with Crippen LogP contribution in [0.1, 0.15) is 40.5 Å². The molecule has 0 saturated carbocycles. The zero-order valence-electron chi connectivity index (χ0n) is 14.8. The molecule has 4 rings (SSSR count). The third-order valence-electron chi connectivity index (χ3n) is 5.75. The van der Waals surface area contributed by atoms with Gasteiger partial charge < -0.3 is 14.2 Å². The van der Waals surface area contributed by atoms with Crippen molar-refractivity contribution in [1.29, 1.82) is 0 Å². The van der Waals surface area contributed by atoms with E-state index < -0.39 is 0 Å². The van der Waals surface area contributed by atoms with Crippen molar-refractivity contribution in [2.45, 2.75) is 25.7 Å². The molecular formula is C19H24N4O2. The number of aryl methyl sites for hydroxylation is 2. The number of rotatable bonds is 2. The highest BCUT2D eigenvalue weighted by Gasteiger charge is 2.50. The first-order valence-electron chi connectivity index (χ1n) is 8.87. The number of nitrogens with zero attached hydrogens (tertiary/aromatic N) is 4. The quantitative estimate of drug-likeness (QED) is 0.840. The summed E-state index contributed by atoms with van der Waals surface area (Å²) in [7, 11) is 1.98. The second kappa shape index (κ2) is 6.26. The molecule has 1 unspecified atom stereocenters. The van der Waals surface area contributed by atoms with E-state index in [0.29, 0.717) is 6.54 Å². The van der Waals surface area contributed by atoms with Gasteiger partial charge in [0.25, 0.3) is 5.91 Å². The molecule has 1 aromatic carbocycles. The average Bonchev–Trinajstić information content (AvgIpc) is 3.18. The van der Waals surface area contributed by atoms with Crippen molar-refractivity contribution in [3.05, 3.63) is 47.5 Å². The maximum Gasteiger partial charge on any atom is 0.253 e. The van der Waals surface area contributed by atoms with E-state index in [1.54, 1.807) is 6.33 Å². The summed E-state index contributed by atoms with van der Waals surface area (Å²) >= 11 is 0. The molecule has 2 aliphatic heterocycles. The van der Waals surface area contributed by atoms with E-state index in [4.69, 9.17) is 4.74 Å². The molecule has 0 bridgehead atoms. The molecule has 2 saturated heterocycles. The first-order chi connectivity index (χ1) is 12.1. The van der Waals surface area contributed by atoms with E-state index in [2.05, 4.69) is 10.2 Å². The van der Waals surface area contributed by atoms with E-state index in [-0.39, 0.29) is 17.2 Å². The number of amides is 1. The SMILES string of the molecule is Cc1cccc(C(=O)N2CC(c3nncn3C)C3(CCOCC3)C2)c1. The van der Waals surface area contributed by atoms with Crippen LogP contribution in [0.3, 0.4) is 0 Å². The van der Waals surface area contributed by atoms with Gasteiger partial charge in [-0.25, -0.2) is 0 Å². The summed E-state index contributed by atoms with van der Waals surface area (Å²) in [6.07, 6.45) is 3.66. The highest BCUT2D eigenvalue weighted by Crippen LogP contribution is 2.49. The molecule has 1 spiro atoms. The number of carbonyl (C=O) groups is 1. The van der Waals surface area contributed by atoms with Gasteiger partial charge in [0.1, 0.15) is 12.2 Å². The molecule has 3 heterocycles. The van der Waals surface area contributed by atoms with Gasteiger partial charge in [0.05, 0.1) is 0 Å². The van der Waals surface area contributed by atoms with Crippen molar-refractivity contribution in [3.8, 4) is 0 Å². The van der Waals surface area contributed by atoms with Crippen LogP contribution < -0.4 is 0 Å². The van der Waals surface area contributed by atoms with Gasteiger partial charge in [-0.1, -0.05) is 17.7 Å². The van der Waals surface area contributed by atoms with Gasteiger partial charge in [0, 0.05) is 50.2 Å². The molecule has 1 amide bonds. The molecule has 1 aromatic heterocycles. The maximum atomic E-state index is 13.1. The van der Waals surface area contributed by atoms with Crippen LogP contribution in [0.5, 0.6) is 0 Å². The Bertz CT molecular complexity index is 779. The zero-order chi connectivity index (χ0) is 17.4. The summed E-state index contributed by atoms with van der Waals surface area (Å²) in [5, 5.41) is 8.42. The van der Waals surface area contributed by atoms with E-state index in [1.807, 2.05) is 47.7 Å². The van der Waals surface area contributed by atoms with E-state index in [1.165, 1.54) is 0 Å². The monoisotopic (exact) mass is 340 g/mol. The Hall–Kier alpha value is -2.21. The van der Waals surface area contributed by atoms with Gasteiger partial charge in [0.15, 0.2) is 0 Å². The second-order valence-electron chi connectivity index (χ2n) is 7.38. The number of ether oxygens (including phenoxy) is 1. The Kier molecular flexibility index (Phi) is 4.07. The molecule has 0 radical (unpaired) electrons. The van der Waals surface area contributed by atoms with Crippen molar-refractivity contribution in [2.75, 3.05) is 26.3 Å². The molecule has 6 heteroatoms. The molecule has 25 heavy (non-hydrogen) atoms. The summed E-state index contributed by atoms with van der Waals surface area (Å²) in [5.41, 5.74) is 1.91. The Labute approximate surface area is 147 Å². The fraction of sp³-hybridized carbons (Fsp3) is 0.526. The summed E-state index contributed by atoms with van der Waals surface area (Å²) in [4.78, 5) is 15.1. The fourth-order valence-corrected chi connectivity index (χ4v) is 4.33. The minimum atomic E-state index is 0.0402. The molecule has 2 fully saturated rings. The molecule has 2 aliphatic rings. The van der Waals surface area contributed by atoms with E-state index in [0.717, 1.165) is 49.6 Å². The minimum absolute atomic E-state index is 0.0402. The van der Waals surface area contributed by atoms with Crippen molar-refractivity contribution in [1.82, 2.24) is 19.7 Å². The third kappa shape index (κ3) is 2.84. The number of aromatic nitrogens is 3. The lowest BCUT2D eigenvalue weighted by Crippen LogP contribution is -2.37. The first kappa shape index (κ1) is 16.3. The Morgan fingerprint density at radius 1 is 1.32 bits per heavy atom. The van der Waals surface area contributed by atoms with Crippen LogP contribution in [0.25, 0.3) is 0 Å². The lowest BCUT2D eigenvalue weighted by molar-refractivity contribution is 0.0108. The summed E-state index contributed by atoms with van der Waals surface area (Å²) < 4.78 is 7.59. The molecule has 132 valence electrons. The van der Waals surface area contributed by atoms with Gasteiger partial charge >= 0.3 is 0 Å². The summed E-state index contributed by atoms with van der Waals surface area (Å²) in [6, 6.07) is 7.84. The molecule has 2 aromatic rings. The van der Waals surface area contributed by atoms with Crippen LogP contribution in [-0.4, -0.2) is 51.9 Å². The lowest BCUT2D eigenvalue weighted by atomic mass is 9.72. The Morgan fingerprint density at radius 3 is 2.80 bits per heavy atom. The molecule has 0 aliphatic carbocycles. The molecule has 1 atom stereocenters. The normalized spacial score (nSPS) is 22.5. The van der Waals surface area contributed by atoms with Crippen molar-refractivity contribution >= 4 is 5.91 Å².